The van der Waals surface area contributed by atoms with Crippen LogP contribution in [0.5, 0.6) is 11.5 Å². The lowest BCUT2D eigenvalue weighted by atomic mass is 9.87. The molecule has 3 aromatic carbocycles. The summed E-state index contributed by atoms with van der Waals surface area (Å²) in [4.78, 5) is 38.9. The van der Waals surface area contributed by atoms with Crippen molar-refractivity contribution in [2.75, 3.05) is 25.1 Å². The van der Waals surface area contributed by atoms with Crippen LogP contribution >= 0.6 is 11.8 Å². The monoisotopic (exact) mass is 530 g/mol. The molecule has 3 amide bonds. The average Bonchev–Trinajstić information content (AvgIpc) is 3.15. The Hall–Kier alpha value is -4.04. The Kier molecular flexibility index (Phi) is 8.53. The van der Waals surface area contributed by atoms with Crippen molar-refractivity contribution < 1.29 is 23.9 Å². The van der Waals surface area contributed by atoms with Crippen LogP contribution in [-0.4, -0.2) is 41.7 Å². The number of benzene rings is 3. The summed E-state index contributed by atoms with van der Waals surface area (Å²) >= 11 is 0.800. The highest BCUT2D eigenvalue weighted by molar-refractivity contribution is 8.18. The van der Waals surface area contributed by atoms with E-state index in [2.05, 4.69) is 38.2 Å². The first-order valence-electron chi connectivity index (χ1n) is 12.3. The van der Waals surface area contributed by atoms with Crippen molar-refractivity contribution in [3.05, 3.63) is 94.9 Å². The van der Waals surface area contributed by atoms with Crippen LogP contribution < -0.4 is 14.8 Å². The van der Waals surface area contributed by atoms with Gasteiger partial charge < -0.3 is 14.8 Å². The zero-order valence-corrected chi connectivity index (χ0v) is 22.4. The Morgan fingerprint density at radius 2 is 1.55 bits per heavy atom. The molecule has 196 valence electrons. The van der Waals surface area contributed by atoms with E-state index >= 15 is 0 Å². The van der Waals surface area contributed by atoms with Crippen molar-refractivity contribution in [3.8, 4) is 11.5 Å². The van der Waals surface area contributed by atoms with E-state index in [1.807, 2.05) is 30.3 Å². The highest BCUT2D eigenvalue weighted by Gasteiger charge is 2.36. The molecule has 38 heavy (non-hydrogen) atoms. The van der Waals surface area contributed by atoms with E-state index < -0.39 is 17.1 Å². The summed E-state index contributed by atoms with van der Waals surface area (Å²) < 4.78 is 11.7. The van der Waals surface area contributed by atoms with Crippen molar-refractivity contribution in [2.24, 2.45) is 0 Å². The normalized spacial score (nSPS) is 14.6. The predicted molar refractivity (Wildman–Crippen MR) is 150 cm³/mol. The predicted octanol–water partition coefficient (Wildman–Crippen LogP) is 6.12. The van der Waals surface area contributed by atoms with Gasteiger partial charge in [0.15, 0.2) is 0 Å². The third-order valence-electron chi connectivity index (χ3n) is 5.77. The largest absolute Gasteiger partial charge is 0.490 e. The highest BCUT2D eigenvalue weighted by Crippen LogP contribution is 2.34. The molecule has 0 bridgehead atoms. The summed E-state index contributed by atoms with van der Waals surface area (Å²) in [5.41, 5.74) is 2.56. The summed E-state index contributed by atoms with van der Waals surface area (Å²) in [5, 5.41) is 2.20. The quantitative estimate of drug-likeness (QED) is 0.265. The summed E-state index contributed by atoms with van der Waals surface area (Å²) in [7, 11) is 0. The number of carbonyl (C=O) groups excluding carboxylic acids is 3. The number of hydrogen-bond donors (Lipinski definition) is 1. The molecule has 1 saturated heterocycles. The number of ether oxygens (including phenoxy) is 2. The maximum absolute atomic E-state index is 12.9. The first-order chi connectivity index (χ1) is 18.2. The number of carbonyl (C=O) groups is 3. The van der Waals surface area contributed by atoms with Gasteiger partial charge in [-0.25, -0.2) is 0 Å². The summed E-state index contributed by atoms with van der Waals surface area (Å²) in [6, 6.07) is 24.1. The zero-order chi connectivity index (χ0) is 27.1. The van der Waals surface area contributed by atoms with E-state index in [1.54, 1.807) is 42.5 Å². The number of nitrogens with one attached hydrogen (secondary N) is 1. The Morgan fingerprint density at radius 1 is 0.895 bits per heavy atom. The number of amides is 3. The van der Waals surface area contributed by atoms with Crippen LogP contribution in [0.4, 0.5) is 10.5 Å². The highest BCUT2D eigenvalue weighted by atomic mass is 32.2. The smallest absolute Gasteiger partial charge is 0.294 e. The lowest BCUT2D eigenvalue weighted by Crippen LogP contribution is -2.36. The Morgan fingerprint density at radius 3 is 2.26 bits per heavy atom. The van der Waals surface area contributed by atoms with E-state index in [9.17, 15) is 14.4 Å². The lowest BCUT2D eigenvalue weighted by Gasteiger charge is -2.19. The van der Waals surface area contributed by atoms with Crippen LogP contribution in [0.2, 0.25) is 0 Å². The second kappa shape index (κ2) is 12.0. The van der Waals surface area contributed by atoms with Gasteiger partial charge in [0.1, 0.15) is 31.3 Å². The van der Waals surface area contributed by atoms with Crippen molar-refractivity contribution in [1.82, 2.24) is 4.90 Å². The zero-order valence-electron chi connectivity index (χ0n) is 21.6. The molecule has 1 N–H and O–H groups in total. The first kappa shape index (κ1) is 27.0. The van der Waals surface area contributed by atoms with Crippen LogP contribution in [-0.2, 0) is 15.0 Å². The molecule has 1 aliphatic rings. The number of anilines is 1. The second-order valence-electron chi connectivity index (χ2n) is 9.69. The topological polar surface area (TPSA) is 84.9 Å². The van der Waals surface area contributed by atoms with Crippen LogP contribution in [0.15, 0.2) is 83.8 Å². The van der Waals surface area contributed by atoms with Gasteiger partial charge in [-0.3, -0.25) is 19.3 Å². The van der Waals surface area contributed by atoms with Gasteiger partial charge in [0.05, 0.1) is 4.91 Å². The van der Waals surface area contributed by atoms with Crippen LogP contribution in [0.3, 0.4) is 0 Å². The van der Waals surface area contributed by atoms with Gasteiger partial charge in [-0.1, -0.05) is 69.3 Å². The molecule has 1 fully saturated rings. The van der Waals surface area contributed by atoms with Gasteiger partial charge in [-0.2, -0.15) is 0 Å². The van der Waals surface area contributed by atoms with E-state index in [4.69, 9.17) is 9.47 Å². The number of imide groups is 1. The number of rotatable bonds is 9. The SMILES string of the molecule is CC(C)(C)c1ccc(OCCOc2ccccc2/C=C2\SC(=O)N(CC(=O)Nc3ccccc3)C2=O)cc1. The molecular formula is C30H30N2O5S. The molecule has 0 radical (unpaired) electrons. The van der Waals surface area contributed by atoms with Crippen molar-refractivity contribution in [3.63, 3.8) is 0 Å². The maximum atomic E-state index is 12.9. The molecule has 0 aromatic heterocycles. The minimum Gasteiger partial charge on any atom is -0.490 e. The lowest BCUT2D eigenvalue weighted by molar-refractivity contribution is -0.127. The van der Waals surface area contributed by atoms with Gasteiger partial charge in [0, 0.05) is 11.3 Å². The fraction of sp³-hybridized carbons (Fsp3) is 0.233. The Labute approximate surface area is 226 Å². The molecule has 7 nitrogen and oxygen atoms in total. The standard InChI is InChI=1S/C30H30N2O5S/c1-30(2,3)22-13-15-24(16-14-22)36-17-18-37-25-12-8-7-9-21(25)19-26-28(34)32(29(35)38-26)20-27(33)31-23-10-5-4-6-11-23/h4-16,19H,17-18,20H2,1-3H3,(H,31,33)/b26-19-. The number of nitrogens with zero attached hydrogens (tertiary/aromatic N) is 1. The van der Waals surface area contributed by atoms with Crippen LogP contribution in [0, 0.1) is 0 Å². The molecule has 1 aliphatic heterocycles. The van der Waals surface area contributed by atoms with Gasteiger partial charge in [-0.05, 0) is 59.1 Å². The molecule has 0 atom stereocenters. The fourth-order valence-corrected chi connectivity index (χ4v) is 4.57. The van der Waals surface area contributed by atoms with Crippen LogP contribution in [0.1, 0.15) is 31.9 Å². The molecule has 0 unspecified atom stereocenters. The molecule has 0 saturated carbocycles. The third-order valence-corrected chi connectivity index (χ3v) is 6.68. The maximum Gasteiger partial charge on any atom is 0.294 e. The van der Waals surface area contributed by atoms with Crippen molar-refractivity contribution in [2.45, 2.75) is 26.2 Å². The molecule has 8 heteroatoms. The van der Waals surface area contributed by atoms with E-state index in [-0.39, 0.29) is 16.9 Å². The number of thioether (sulfide) groups is 1. The van der Waals surface area contributed by atoms with Crippen molar-refractivity contribution in [1.29, 1.82) is 0 Å². The molecule has 3 aromatic rings. The van der Waals surface area contributed by atoms with Gasteiger partial charge in [0.2, 0.25) is 5.91 Å². The summed E-state index contributed by atoms with van der Waals surface area (Å²) in [6.45, 7) is 6.78. The van der Waals surface area contributed by atoms with Gasteiger partial charge in [-0.15, -0.1) is 0 Å². The van der Waals surface area contributed by atoms with Crippen LogP contribution in [0.25, 0.3) is 6.08 Å². The Balaban J connectivity index is 1.34. The minimum absolute atomic E-state index is 0.0784. The summed E-state index contributed by atoms with van der Waals surface area (Å²) in [5.74, 6) is 0.365. The molecule has 4 rings (SSSR count). The van der Waals surface area contributed by atoms with Crippen molar-refractivity contribution >= 4 is 40.6 Å². The Bertz CT molecular complexity index is 1330. The van der Waals surface area contributed by atoms with E-state index in [0.29, 0.717) is 30.2 Å². The minimum atomic E-state index is -0.514. The first-order valence-corrected chi connectivity index (χ1v) is 13.1. The average molecular weight is 531 g/mol. The van der Waals surface area contributed by atoms with Gasteiger partial charge in [0.25, 0.3) is 11.1 Å². The summed E-state index contributed by atoms with van der Waals surface area (Å²) in [6.07, 6.45) is 1.61. The van der Waals surface area contributed by atoms with E-state index in [0.717, 1.165) is 22.4 Å². The molecule has 0 aliphatic carbocycles. The molecular weight excluding hydrogens is 500 g/mol. The number of para-hydroxylation sites is 2. The van der Waals surface area contributed by atoms with E-state index in [1.165, 1.54) is 5.56 Å². The molecule has 0 spiro atoms. The fourth-order valence-electron chi connectivity index (χ4n) is 3.74. The number of hydrogen-bond acceptors (Lipinski definition) is 6. The van der Waals surface area contributed by atoms with Gasteiger partial charge >= 0.3 is 0 Å². The second-order valence-corrected chi connectivity index (χ2v) is 10.7. The third kappa shape index (κ3) is 7.04. The molecule has 1 heterocycles.